The summed E-state index contributed by atoms with van der Waals surface area (Å²) in [7, 11) is 2.92. The molecule has 2 aromatic heterocycles. The van der Waals surface area contributed by atoms with Crippen LogP contribution in [0.25, 0.3) is 23.0 Å². The molecule has 0 bridgehead atoms. The predicted octanol–water partition coefficient (Wildman–Crippen LogP) is 4.74. The molecular weight excluding hydrogens is 634 g/mol. The monoisotopic (exact) mass is 663 g/mol. The maximum absolute atomic E-state index is 14.3. The highest BCUT2D eigenvalue weighted by Gasteiger charge is 2.33. The van der Waals surface area contributed by atoms with E-state index in [-0.39, 0.29) is 29.2 Å². The van der Waals surface area contributed by atoms with Crippen LogP contribution in [0.3, 0.4) is 0 Å². The number of nitro groups is 1. The van der Waals surface area contributed by atoms with Crippen LogP contribution in [-0.4, -0.2) is 46.1 Å². The van der Waals surface area contributed by atoms with Crippen LogP contribution < -0.4 is 24.4 Å². The van der Waals surface area contributed by atoms with Gasteiger partial charge < -0.3 is 14.2 Å². The van der Waals surface area contributed by atoms with Gasteiger partial charge in [0.25, 0.3) is 5.56 Å². The van der Waals surface area contributed by atoms with E-state index in [1.54, 1.807) is 61.3 Å². The molecule has 0 N–H and O–H groups in total. The van der Waals surface area contributed by atoms with E-state index in [1.807, 2.05) is 30.3 Å². The van der Waals surface area contributed by atoms with E-state index in [9.17, 15) is 19.7 Å². The van der Waals surface area contributed by atoms with Gasteiger partial charge in [-0.1, -0.05) is 54.3 Å². The van der Waals surface area contributed by atoms with Crippen LogP contribution in [0.5, 0.6) is 11.5 Å². The Balaban J connectivity index is 1.56. The summed E-state index contributed by atoms with van der Waals surface area (Å²) in [5, 5.41) is 16.6. The van der Waals surface area contributed by atoms with Crippen molar-refractivity contribution in [3.8, 4) is 28.4 Å². The maximum atomic E-state index is 14.3. The van der Waals surface area contributed by atoms with E-state index in [1.165, 1.54) is 29.9 Å². The highest BCUT2D eigenvalue weighted by atomic mass is 32.1. The van der Waals surface area contributed by atoms with Gasteiger partial charge in [0, 0.05) is 23.4 Å². The van der Waals surface area contributed by atoms with Crippen molar-refractivity contribution < 1.29 is 23.9 Å². The fourth-order valence-corrected chi connectivity index (χ4v) is 6.49. The van der Waals surface area contributed by atoms with Gasteiger partial charge in [0.15, 0.2) is 10.6 Å². The molecule has 0 spiro atoms. The van der Waals surface area contributed by atoms with Crippen molar-refractivity contribution in [1.82, 2.24) is 14.3 Å². The third-order valence-corrected chi connectivity index (χ3v) is 8.69. The Labute approximate surface area is 277 Å². The summed E-state index contributed by atoms with van der Waals surface area (Å²) >= 11 is 1.16. The van der Waals surface area contributed by atoms with Crippen molar-refractivity contribution in [2.24, 2.45) is 4.99 Å². The molecule has 48 heavy (non-hydrogen) atoms. The van der Waals surface area contributed by atoms with Crippen LogP contribution in [-0.2, 0) is 9.53 Å². The quantitative estimate of drug-likeness (QED) is 0.0904. The molecule has 0 unspecified atom stereocenters. The van der Waals surface area contributed by atoms with E-state index in [0.717, 1.165) is 17.0 Å². The molecule has 1 atom stereocenters. The first-order valence-electron chi connectivity index (χ1n) is 14.7. The Morgan fingerprint density at radius 1 is 1.08 bits per heavy atom. The second-order valence-electron chi connectivity index (χ2n) is 10.6. The number of carbonyl (C=O) groups is 1. The highest BCUT2D eigenvalue weighted by molar-refractivity contribution is 7.07. The van der Waals surface area contributed by atoms with Crippen LogP contribution in [0.1, 0.15) is 24.1 Å². The number of esters is 1. The molecule has 0 aliphatic carbocycles. The van der Waals surface area contributed by atoms with Crippen molar-refractivity contribution >= 4 is 29.1 Å². The number of nitro benzene ring substituents is 1. The summed E-state index contributed by atoms with van der Waals surface area (Å²) in [5.74, 6) is 0.112. The van der Waals surface area contributed by atoms with Crippen LogP contribution in [0.2, 0.25) is 0 Å². The number of benzene rings is 3. The van der Waals surface area contributed by atoms with Gasteiger partial charge in [0.2, 0.25) is 0 Å². The molecule has 5 aromatic rings. The Hall–Kier alpha value is -6.08. The van der Waals surface area contributed by atoms with Crippen molar-refractivity contribution in [3.05, 3.63) is 144 Å². The van der Waals surface area contributed by atoms with Gasteiger partial charge in [-0.3, -0.25) is 19.5 Å². The van der Waals surface area contributed by atoms with E-state index < -0.39 is 16.9 Å². The van der Waals surface area contributed by atoms with E-state index in [2.05, 4.69) is 11.6 Å². The standard InChI is InChI=1S/C35H29N5O7S/c1-5-17-47-34(42)30-21(2)36-35-39(32(30)22-11-14-26(45-3)15-12-22)33(41)29(48-35)19-24-20-38(25-9-7-6-8-10-25)37-31(24)23-13-16-28(46-4)27(18-23)40(43)44/h5-16,18-20,32H,1,17H2,2-4H3/b29-19+/t32-/m1/s1. The Bertz CT molecular complexity index is 2270. The molecule has 242 valence electrons. The number of hydrogen-bond acceptors (Lipinski definition) is 10. The molecule has 1 aliphatic heterocycles. The third-order valence-electron chi connectivity index (χ3n) is 7.70. The third kappa shape index (κ3) is 5.94. The number of rotatable bonds is 10. The fraction of sp³-hybridized carbons (Fsp3) is 0.143. The first-order valence-corrected chi connectivity index (χ1v) is 15.5. The van der Waals surface area contributed by atoms with Crippen molar-refractivity contribution in [2.75, 3.05) is 20.8 Å². The zero-order valence-electron chi connectivity index (χ0n) is 26.2. The normalized spacial score (nSPS) is 14.2. The van der Waals surface area contributed by atoms with Crippen LogP contribution in [0, 0.1) is 10.1 Å². The predicted molar refractivity (Wildman–Crippen MR) is 180 cm³/mol. The molecule has 0 amide bonds. The molecule has 12 nitrogen and oxygen atoms in total. The number of allylic oxidation sites excluding steroid dienone is 1. The largest absolute Gasteiger partial charge is 0.497 e. The fourth-order valence-electron chi connectivity index (χ4n) is 5.45. The number of para-hydroxylation sites is 1. The summed E-state index contributed by atoms with van der Waals surface area (Å²) in [4.78, 5) is 44.0. The number of aromatic nitrogens is 3. The van der Waals surface area contributed by atoms with Gasteiger partial charge in [0.05, 0.1) is 46.7 Å². The summed E-state index contributed by atoms with van der Waals surface area (Å²) in [6.45, 7) is 5.32. The van der Waals surface area contributed by atoms with Gasteiger partial charge in [-0.15, -0.1) is 0 Å². The number of ether oxygens (including phenoxy) is 3. The SMILES string of the molecule is C=CCOC(=O)C1=C(C)N=c2s/c(=C/c3cn(-c4ccccc4)nc3-c3ccc(OC)c([N+](=O)[O-])c3)c(=O)n2[C@@H]1c1ccc(OC)cc1. The second-order valence-corrected chi connectivity index (χ2v) is 11.6. The Morgan fingerprint density at radius 3 is 2.50 bits per heavy atom. The summed E-state index contributed by atoms with van der Waals surface area (Å²) in [5.41, 5.74) is 2.84. The van der Waals surface area contributed by atoms with E-state index in [0.29, 0.717) is 43.2 Å². The minimum Gasteiger partial charge on any atom is -0.497 e. The lowest BCUT2D eigenvalue weighted by Gasteiger charge is -2.24. The Morgan fingerprint density at radius 2 is 1.83 bits per heavy atom. The molecule has 6 rings (SSSR count). The molecule has 3 heterocycles. The summed E-state index contributed by atoms with van der Waals surface area (Å²) in [6.07, 6.45) is 4.90. The number of nitrogens with zero attached hydrogens (tertiary/aromatic N) is 5. The average molecular weight is 664 g/mol. The number of fused-ring (bicyclic) bond motifs is 1. The second kappa shape index (κ2) is 13.3. The Kier molecular flexibility index (Phi) is 8.86. The first-order chi connectivity index (χ1) is 23.2. The van der Waals surface area contributed by atoms with E-state index in [4.69, 9.17) is 19.3 Å². The highest BCUT2D eigenvalue weighted by Crippen LogP contribution is 2.34. The topological polar surface area (TPSA) is 140 Å². The number of carbonyl (C=O) groups excluding carboxylic acids is 1. The lowest BCUT2D eigenvalue weighted by Crippen LogP contribution is -2.39. The number of hydrogen-bond donors (Lipinski definition) is 0. The van der Waals surface area contributed by atoms with Crippen LogP contribution in [0.15, 0.2) is 113 Å². The van der Waals surface area contributed by atoms with Crippen molar-refractivity contribution in [3.63, 3.8) is 0 Å². The zero-order chi connectivity index (χ0) is 33.9. The maximum Gasteiger partial charge on any atom is 0.338 e. The van der Waals surface area contributed by atoms with Crippen molar-refractivity contribution in [1.29, 1.82) is 0 Å². The van der Waals surface area contributed by atoms with Gasteiger partial charge in [-0.25, -0.2) is 14.5 Å². The van der Waals surface area contributed by atoms with Gasteiger partial charge in [-0.05, 0) is 55.0 Å². The molecule has 0 radical (unpaired) electrons. The average Bonchev–Trinajstić information content (AvgIpc) is 3.66. The van der Waals surface area contributed by atoms with Crippen LogP contribution >= 0.6 is 11.3 Å². The lowest BCUT2D eigenvalue weighted by molar-refractivity contribution is -0.385. The number of methoxy groups -OCH3 is 2. The molecule has 1 aliphatic rings. The van der Waals surface area contributed by atoms with Gasteiger partial charge in [0.1, 0.15) is 18.1 Å². The van der Waals surface area contributed by atoms with Crippen LogP contribution in [0.4, 0.5) is 5.69 Å². The zero-order valence-corrected chi connectivity index (χ0v) is 27.0. The minimum atomic E-state index is -0.831. The summed E-state index contributed by atoms with van der Waals surface area (Å²) < 4.78 is 19.4. The van der Waals surface area contributed by atoms with E-state index >= 15 is 0 Å². The lowest BCUT2D eigenvalue weighted by atomic mass is 9.96. The number of thiazole rings is 1. The molecule has 3 aromatic carbocycles. The molecule has 0 saturated heterocycles. The minimum absolute atomic E-state index is 0.00688. The molecule has 0 saturated carbocycles. The van der Waals surface area contributed by atoms with Gasteiger partial charge in [-0.2, -0.15) is 5.10 Å². The smallest absolute Gasteiger partial charge is 0.338 e. The van der Waals surface area contributed by atoms with Gasteiger partial charge >= 0.3 is 11.7 Å². The van der Waals surface area contributed by atoms with Crippen molar-refractivity contribution in [2.45, 2.75) is 13.0 Å². The first kappa shape index (κ1) is 31.9. The molecule has 0 fully saturated rings. The molecule has 13 heteroatoms. The summed E-state index contributed by atoms with van der Waals surface area (Å²) in [6, 6.07) is 20.2. The molecular formula is C35H29N5O7S.